The SMILES string of the molecule is C=CCNc1nnc(-n2cnc(C)c2)nn1. The lowest BCUT2D eigenvalue weighted by Crippen LogP contribution is -2.09. The van der Waals surface area contributed by atoms with E-state index < -0.39 is 0 Å². The maximum atomic E-state index is 4.06. The number of hydrogen-bond donors (Lipinski definition) is 1. The van der Waals surface area contributed by atoms with Crippen LogP contribution >= 0.6 is 0 Å². The van der Waals surface area contributed by atoms with Crippen LogP contribution < -0.4 is 5.32 Å². The zero-order valence-corrected chi connectivity index (χ0v) is 8.83. The Labute approximate surface area is 92.3 Å². The molecule has 2 rings (SSSR count). The Morgan fingerprint density at radius 2 is 2.12 bits per heavy atom. The summed E-state index contributed by atoms with van der Waals surface area (Å²) in [5.41, 5.74) is 0.887. The summed E-state index contributed by atoms with van der Waals surface area (Å²) in [6.45, 7) is 6.03. The molecular weight excluding hydrogens is 206 g/mol. The molecule has 0 saturated carbocycles. The summed E-state index contributed by atoms with van der Waals surface area (Å²) >= 11 is 0. The van der Waals surface area contributed by atoms with Crippen molar-refractivity contribution in [3.63, 3.8) is 0 Å². The molecular formula is C9H11N7. The van der Waals surface area contributed by atoms with E-state index in [2.05, 4.69) is 37.3 Å². The summed E-state index contributed by atoms with van der Waals surface area (Å²) in [5.74, 6) is 0.769. The monoisotopic (exact) mass is 217 g/mol. The molecule has 7 heteroatoms. The molecule has 82 valence electrons. The van der Waals surface area contributed by atoms with Crippen molar-refractivity contribution in [1.82, 2.24) is 29.9 Å². The Morgan fingerprint density at radius 1 is 1.38 bits per heavy atom. The molecule has 0 fully saturated rings. The molecule has 0 aliphatic heterocycles. The molecule has 0 amide bonds. The van der Waals surface area contributed by atoms with Gasteiger partial charge in [0.2, 0.25) is 0 Å². The molecule has 2 heterocycles. The van der Waals surface area contributed by atoms with Crippen molar-refractivity contribution in [3.8, 4) is 5.95 Å². The van der Waals surface area contributed by atoms with Crippen LogP contribution in [-0.2, 0) is 0 Å². The van der Waals surface area contributed by atoms with Gasteiger partial charge in [0.15, 0.2) is 0 Å². The molecule has 0 bridgehead atoms. The zero-order valence-electron chi connectivity index (χ0n) is 8.83. The van der Waals surface area contributed by atoms with E-state index in [9.17, 15) is 0 Å². The van der Waals surface area contributed by atoms with Gasteiger partial charge in [-0.25, -0.2) is 4.98 Å². The smallest absolute Gasteiger partial charge is 0.274 e. The van der Waals surface area contributed by atoms with Gasteiger partial charge in [-0.15, -0.1) is 27.0 Å². The molecule has 7 nitrogen and oxygen atoms in total. The van der Waals surface area contributed by atoms with Gasteiger partial charge >= 0.3 is 0 Å². The molecule has 0 spiro atoms. The van der Waals surface area contributed by atoms with Crippen LogP contribution in [0.1, 0.15) is 5.69 Å². The first-order valence-corrected chi connectivity index (χ1v) is 4.72. The van der Waals surface area contributed by atoms with Crippen LogP contribution in [0.5, 0.6) is 0 Å². The summed E-state index contributed by atoms with van der Waals surface area (Å²) in [6.07, 6.45) is 5.12. The minimum atomic E-state index is 0.375. The number of hydrogen-bond acceptors (Lipinski definition) is 6. The molecule has 0 aliphatic rings. The third kappa shape index (κ3) is 2.19. The molecule has 0 aliphatic carbocycles. The van der Waals surface area contributed by atoms with Crippen molar-refractivity contribution in [2.75, 3.05) is 11.9 Å². The van der Waals surface area contributed by atoms with Gasteiger partial charge < -0.3 is 5.32 Å². The lowest BCUT2D eigenvalue weighted by molar-refractivity contribution is 0.784. The van der Waals surface area contributed by atoms with Gasteiger partial charge in [0.1, 0.15) is 6.33 Å². The third-order valence-electron chi connectivity index (χ3n) is 1.82. The van der Waals surface area contributed by atoms with Crippen molar-refractivity contribution in [2.24, 2.45) is 0 Å². The molecule has 0 unspecified atom stereocenters. The summed E-state index contributed by atoms with van der Waals surface area (Å²) in [7, 11) is 0. The molecule has 2 aromatic rings. The van der Waals surface area contributed by atoms with Crippen LogP contribution in [0.2, 0.25) is 0 Å². The Balaban J connectivity index is 2.15. The Bertz CT molecular complexity index is 473. The van der Waals surface area contributed by atoms with E-state index in [0.717, 1.165) is 5.69 Å². The number of anilines is 1. The van der Waals surface area contributed by atoms with Crippen LogP contribution in [0.3, 0.4) is 0 Å². The molecule has 2 aromatic heterocycles. The second kappa shape index (κ2) is 4.47. The highest BCUT2D eigenvalue weighted by molar-refractivity contribution is 5.22. The highest BCUT2D eigenvalue weighted by atomic mass is 15.4. The van der Waals surface area contributed by atoms with Gasteiger partial charge in [0, 0.05) is 12.7 Å². The largest absolute Gasteiger partial charge is 0.348 e. The Kier molecular flexibility index (Phi) is 2.86. The van der Waals surface area contributed by atoms with Crippen LogP contribution in [0.25, 0.3) is 5.95 Å². The van der Waals surface area contributed by atoms with E-state index in [1.54, 1.807) is 23.2 Å². The van der Waals surface area contributed by atoms with Crippen LogP contribution in [0.4, 0.5) is 5.95 Å². The highest BCUT2D eigenvalue weighted by Gasteiger charge is 2.02. The van der Waals surface area contributed by atoms with Crippen molar-refractivity contribution in [3.05, 3.63) is 30.9 Å². The molecule has 0 atom stereocenters. The number of aromatic nitrogens is 6. The second-order valence-electron chi connectivity index (χ2n) is 3.12. The fraction of sp³-hybridized carbons (Fsp3) is 0.222. The number of imidazole rings is 1. The predicted molar refractivity (Wildman–Crippen MR) is 58.2 cm³/mol. The number of rotatable bonds is 4. The average Bonchev–Trinajstić information content (AvgIpc) is 2.74. The highest BCUT2D eigenvalue weighted by Crippen LogP contribution is 2.00. The van der Waals surface area contributed by atoms with Crippen LogP contribution in [-0.4, -0.2) is 36.5 Å². The lowest BCUT2D eigenvalue weighted by atomic mass is 10.6. The number of nitrogens with one attached hydrogen (secondary N) is 1. The standard InChI is InChI=1S/C9H11N7/c1-3-4-10-8-12-14-9(15-13-8)16-5-7(2)11-6-16/h3,5-6H,1,4H2,2H3,(H,10,12,13). The average molecular weight is 217 g/mol. The first-order chi connectivity index (χ1) is 7.79. The van der Waals surface area contributed by atoms with E-state index in [0.29, 0.717) is 18.4 Å². The van der Waals surface area contributed by atoms with Gasteiger partial charge in [-0.05, 0) is 6.92 Å². The molecule has 0 aromatic carbocycles. The number of nitrogens with zero attached hydrogens (tertiary/aromatic N) is 6. The Morgan fingerprint density at radius 3 is 2.69 bits per heavy atom. The molecule has 0 radical (unpaired) electrons. The zero-order chi connectivity index (χ0) is 11.4. The topological polar surface area (TPSA) is 81.4 Å². The van der Waals surface area contributed by atoms with Crippen molar-refractivity contribution in [2.45, 2.75) is 6.92 Å². The first kappa shape index (κ1) is 10.2. The third-order valence-corrected chi connectivity index (χ3v) is 1.82. The molecule has 0 saturated heterocycles. The predicted octanol–water partition coefficient (Wildman–Crippen LogP) is 0.359. The fourth-order valence-electron chi connectivity index (χ4n) is 1.09. The maximum Gasteiger partial charge on any atom is 0.274 e. The van der Waals surface area contributed by atoms with E-state index in [1.807, 2.05) is 6.92 Å². The lowest BCUT2D eigenvalue weighted by Gasteiger charge is -2.00. The van der Waals surface area contributed by atoms with Gasteiger partial charge in [-0.3, -0.25) is 4.57 Å². The van der Waals surface area contributed by atoms with Crippen LogP contribution in [0.15, 0.2) is 25.2 Å². The summed E-state index contributed by atoms with van der Waals surface area (Å²) in [4.78, 5) is 4.06. The van der Waals surface area contributed by atoms with E-state index in [-0.39, 0.29) is 0 Å². The van der Waals surface area contributed by atoms with Crippen LogP contribution in [0, 0.1) is 6.92 Å². The first-order valence-electron chi connectivity index (χ1n) is 4.72. The maximum absolute atomic E-state index is 4.06. The molecule has 16 heavy (non-hydrogen) atoms. The van der Waals surface area contributed by atoms with Crippen molar-refractivity contribution >= 4 is 5.95 Å². The second-order valence-corrected chi connectivity index (χ2v) is 3.12. The summed E-state index contributed by atoms with van der Waals surface area (Å²) in [5, 5.41) is 18.5. The summed E-state index contributed by atoms with van der Waals surface area (Å²) in [6, 6.07) is 0. The van der Waals surface area contributed by atoms with Crippen molar-refractivity contribution < 1.29 is 0 Å². The quantitative estimate of drug-likeness (QED) is 0.744. The normalized spacial score (nSPS) is 10.1. The van der Waals surface area contributed by atoms with Crippen molar-refractivity contribution in [1.29, 1.82) is 0 Å². The van der Waals surface area contributed by atoms with E-state index in [4.69, 9.17) is 0 Å². The van der Waals surface area contributed by atoms with Gasteiger partial charge in [0.25, 0.3) is 11.9 Å². The van der Waals surface area contributed by atoms with Gasteiger partial charge in [0.05, 0.1) is 5.69 Å². The van der Waals surface area contributed by atoms with E-state index in [1.165, 1.54) is 0 Å². The fourth-order valence-corrected chi connectivity index (χ4v) is 1.09. The number of aryl methyl sites for hydroxylation is 1. The molecule has 1 N–H and O–H groups in total. The Hall–Kier alpha value is -2.31. The van der Waals surface area contributed by atoms with E-state index >= 15 is 0 Å². The minimum absolute atomic E-state index is 0.375. The minimum Gasteiger partial charge on any atom is -0.348 e. The van der Waals surface area contributed by atoms with Gasteiger partial charge in [-0.2, -0.15) is 0 Å². The van der Waals surface area contributed by atoms with Gasteiger partial charge in [-0.1, -0.05) is 6.08 Å². The summed E-state index contributed by atoms with van der Waals surface area (Å²) < 4.78 is 1.66.